The van der Waals surface area contributed by atoms with Gasteiger partial charge >= 0.3 is 0 Å². The highest BCUT2D eigenvalue weighted by Crippen LogP contribution is 2.66. The topological polar surface area (TPSA) is 17.1 Å². The average Bonchev–Trinajstić information content (AvgIpc) is 2.92. The molecule has 3 saturated carbocycles. The van der Waals surface area contributed by atoms with Crippen molar-refractivity contribution in [3.63, 3.8) is 0 Å². The molecule has 0 aliphatic heterocycles. The van der Waals surface area contributed by atoms with E-state index >= 15 is 0 Å². The number of carbonyl (C=O) groups is 1. The van der Waals surface area contributed by atoms with Crippen molar-refractivity contribution < 1.29 is 4.79 Å². The standard InChI is InChI=1S/C23H32O/c1-5-15(2)19-8-9-20-18-7-6-16-14-17(24)10-12-22(16,3)21(18)11-13-23(19,20)4/h5,7,16,19-21H,1-2,6,8-14H2,3-4H3/t16-,19-,20-,21-,22-,23-/m0/s1. The number of rotatable bonds is 2. The Kier molecular flexibility index (Phi) is 3.71. The maximum atomic E-state index is 12.0. The van der Waals surface area contributed by atoms with Crippen molar-refractivity contribution in [2.24, 2.45) is 34.5 Å². The molecule has 0 aromatic rings. The number of ketones is 1. The number of hydrogen-bond donors (Lipinski definition) is 0. The molecule has 4 rings (SSSR count). The molecule has 3 fully saturated rings. The van der Waals surface area contributed by atoms with Crippen molar-refractivity contribution in [3.05, 3.63) is 36.5 Å². The van der Waals surface area contributed by atoms with Gasteiger partial charge in [0.2, 0.25) is 0 Å². The highest BCUT2D eigenvalue weighted by atomic mass is 16.1. The van der Waals surface area contributed by atoms with Gasteiger partial charge in [-0.25, -0.2) is 0 Å². The SMILES string of the molecule is C=CC(=C)[C@@H]1CC[C@H]2C3=CC[C@H]4CC(=O)CC[C@]4(C)[C@H]3CC[C@@]12C. The highest BCUT2D eigenvalue weighted by Gasteiger charge is 2.57. The molecule has 0 N–H and O–H groups in total. The predicted octanol–water partition coefficient (Wildman–Crippen LogP) is 5.88. The Hall–Kier alpha value is -1.11. The quantitative estimate of drug-likeness (QED) is 0.458. The molecule has 0 amide bonds. The number of carbonyl (C=O) groups excluding carboxylic acids is 1. The van der Waals surface area contributed by atoms with Crippen LogP contribution in [0.15, 0.2) is 36.5 Å². The lowest BCUT2D eigenvalue weighted by molar-refractivity contribution is -0.127. The smallest absolute Gasteiger partial charge is 0.133 e. The van der Waals surface area contributed by atoms with Gasteiger partial charge in [0.25, 0.3) is 0 Å². The molecule has 6 atom stereocenters. The third kappa shape index (κ3) is 2.09. The van der Waals surface area contributed by atoms with E-state index in [2.05, 4.69) is 33.1 Å². The first-order valence-corrected chi connectivity index (χ1v) is 9.93. The van der Waals surface area contributed by atoms with Crippen molar-refractivity contribution >= 4 is 5.78 Å². The van der Waals surface area contributed by atoms with E-state index in [4.69, 9.17) is 0 Å². The molecule has 1 heteroatoms. The van der Waals surface area contributed by atoms with E-state index in [9.17, 15) is 4.79 Å². The minimum atomic E-state index is 0.368. The van der Waals surface area contributed by atoms with Crippen molar-refractivity contribution in [2.75, 3.05) is 0 Å². The van der Waals surface area contributed by atoms with E-state index in [1.165, 1.54) is 31.3 Å². The molecule has 0 aromatic carbocycles. The number of fused-ring (bicyclic) bond motifs is 5. The van der Waals surface area contributed by atoms with Crippen LogP contribution in [-0.4, -0.2) is 5.78 Å². The molecule has 0 bridgehead atoms. The first kappa shape index (κ1) is 16.4. The van der Waals surface area contributed by atoms with E-state index in [1.54, 1.807) is 5.57 Å². The van der Waals surface area contributed by atoms with E-state index in [-0.39, 0.29) is 0 Å². The van der Waals surface area contributed by atoms with Gasteiger partial charge in [-0.05, 0) is 73.0 Å². The first-order chi connectivity index (χ1) is 11.4. The van der Waals surface area contributed by atoms with Gasteiger partial charge in [-0.3, -0.25) is 4.79 Å². The van der Waals surface area contributed by atoms with Crippen molar-refractivity contribution in [1.29, 1.82) is 0 Å². The zero-order valence-corrected chi connectivity index (χ0v) is 15.4. The van der Waals surface area contributed by atoms with Crippen LogP contribution in [0.1, 0.15) is 65.2 Å². The summed E-state index contributed by atoms with van der Waals surface area (Å²) in [6.45, 7) is 13.3. The second-order valence-electron chi connectivity index (χ2n) is 9.44. The fourth-order valence-corrected chi connectivity index (χ4v) is 7.06. The van der Waals surface area contributed by atoms with E-state index in [0.29, 0.717) is 28.4 Å². The monoisotopic (exact) mass is 324 g/mol. The largest absolute Gasteiger partial charge is 0.300 e. The second kappa shape index (κ2) is 5.44. The summed E-state index contributed by atoms with van der Waals surface area (Å²) in [4.78, 5) is 12.0. The maximum Gasteiger partial charge on any atom is 0.133 e. The molecule has 1 nitrogen and oxygen atoms in total. The number of hydrogen-bond acceptors (Lipinski definition) is 1. The van der Waals surface area contributed by atoms with Gasteiger partial charge in [-0.15, -0.1) is 0 Å². The second-order valence-corrected chi connectivity index (χ2v) is 9.44. The van der Waals surface area contributed by atoms with Gasteiger partial charge in [-0.2, -0.15) is 0 Å². The molecule has 0 radical (unpaired) electrons. The maximum absolute atomic E-state index is 12.0. The van der Waals surface area contributed by atoms with Crippen LogP contribution in [0, 0.1) is 34.5 Å². The van der Waals surface area contributed by atoms with Crippen molar-refractivity contribution in [1.82, 2.24) is 0 Å². The van der Waals surface area contributed by atoms with Gasteiger partial charge in [0.15, 0.2) is 0 Å². The molecule has 4 aliphatic rings. The molecular weight excluding hydrogens is 292 g/mol. The first-order valence-electron chi connectivity index (χ1n) is 9.93. The van der Waals surface area contributed by atoms with Crippen LogP contribution in [0.3, 0.4) is 0 Å². The Morgan fingerprint density at radius 2 is 1.92 bits per heavy atom. The summed E-state index contributed by atoms with van der Waals surface area (Å²) in [5.41, 5.74) is 3.76. The summed E-state index contributed by atoms with van der Waals surface area (Å²) in [6.07, 6.45) is 13.7. The summed E-state index contributed by atoms with van der Waals surface area (Å²) in [5, 5.41) is 0. The normalized spacial score (nSPS) is 47.2. The molecule has 0 heterocycles. The number of Topliss-reactive ketones (excluding diaryl/α,β-unsaturated/α-hetero) is 1. The lowest BCUT2D eigenvalue weighted by atomic mass is 9.48. The van der Waals surface area contributed by atoms with Crippen LogP contribution < -0.4 is 0 Å². The summed E-state index contributed by atoms with van der Waals surface area (Å²) < 4.78 is 0. The molecule has 4 aliphatic carbocycles. The Balaban J connectivity index is 1.68. The molecule has 0 saturated heterocycles. The van der Waals surface area contributed by atoms with Crippen LogP contribution in [0.5, 0.6) is 0 Å². The van der Waals surface area contributed by atoms with Crippen LogP contribution >= 0.6 is 0 Å². The van der Waals surface area contributed by atoms with Crippen molar-refractivity contribution in [3.8, 4) is 0 Å². The fraction of sp³-hybridized carbons (Fsp3) is 0.696. The molecule has 0 spiro atoms. The van der Waals surface area contributed by atoms with Gasteiger partial charge in [0.1, 0.15) is 5.78 Å². The van der Waals surface area contributed by atoms with Gasteiger partial charge in [-0.1, -0.05) is 50.3 Å². The van der Waals surface area contributed by atoms with E-state index in [1.807, 2.05) is 6.08 Å². The molecular formula is C23H32O. The van der Waals surface area contributed by atoms with Gasteiger partial charge in [0.05, 0.1) is 0 Å². The molecule has 0 unspecified atom stereocenters. The van der Waals surface area contributed by atoms with Crippen LogP contribution in [0.25, 0.3) is 0 Å². The summed E-state index contributed by atoms with van der Waals surface area (Å²) in [7, 11) is 0. The highest BCUT2D eigenvalue weighted by molar-refractivity contribution is 5.79. The molecule has 130 valence electrons. The van der Waals surface area contributed by atoms with E-state index in [0.717, 1.165) is 37.5 Å². The van der Waals surface area contributed by atoms with Crippen molar-refractivity contribution in [2.45, 2.75) is 65.2 Å². The predicted molar refractivity (Wildman–Crippen MR) is 99.5 cm³/mol. The lowest BCUT2D eigenvalue weighted by Crippen LogP contribution is -2.49. The third-order valence-electron chi connectivity index (χ3n) is 8.61. The van der Waals surface area contributed by atoms with Crippen LogP contribution in [0.4, 0.5) is 0 Å². The zero-order valence-electron chi connectivity index (χ0n) is 15.4. The zero-order chi connectivity index (χ0) is 17.1. The van der Waals surface area contributed by atoms with E-state index < -0.39 is 0 Å². The van der Waals surface area contributed by atoms with Gasteiger partial charge in [0, 0.05) is 12.8 Å². The Bertz CT molecular complexity index is 626. The molecule has 24 heavy (non-hydrogen) atoms. The van der Waals surface area contributed by atoms with Crippen LogP contribution in [0.2, 0.25) is 0 Å². The summed E-state index contributed by atoms with van der Waals surface area (Å²) in [6, 6.07) is 0. The Labute approximate surface area is 147 Å². The van der Waals surface area contributed by atoms with Gasteiger partial charge < -0.3 is 0 Å². The minimum Gasteiger partial charge on any atom is -0.300 e. The average molecular weight is 325 g/mol. The Morgan fingerprint density at radius 3 is 2.67 bits per heavy atom. The molecule has 0 aromatic heterocycles. The summed E-state index contributed by atoms with van der Waals surface area (Å²) >= 11 is 0. The third-order valence-corrected chi connectivity index (χ3v) is 8.61. The van der Waals surface area contributed by atoms with Crippen LogP contribution in [-0.2, 0) is 4.79 Å². The summed E-state index contributed by atoms with van der Waals surface area (Å²) in [5.74, 6) is 3.15. The fourth-order valence-electron chi connectivity index (χ4n) is 7.06. The Morgan fingerprint density at radius 1 is 1.17 bits per heavy atom. The minimum absolute atomic E-state index is 0.368. The number of allylic oxidation sites excluding steroid dienone is 4. The lowest BCUT2D eigenvalue weighted by Gasteiger charge is -2.56.